The molecule has 90 valence electrons. The fourth-order valence-electron chi connectivity index (χ4n) is 1.68. The zero-order chi connectivity index (χ0) is 13.1. The van der Waals surface area contributed by atoms with E-state index < -0.39 is 0 Å². The van der Waals surface area contributed by atoms with Gasteiger partial charge in [-0.25, -0.2) is 4.68 Å². The number of amides is 1. The Labute approximate surface area is 103 Å². The van der Waals surface area contributed by atoms with Crippen molar-refractivity contribution in [1.82, 2.24) is 15.1 Å². The maximum absolute atomic E-state index is 11.9. The molecular weight excluding hydrogens is 230 g/mol. The maximum atomic E-state index is 11.9. The van der Waals surface area contributed by atoms with E-state index in [2.05, 4.69) is 16.3 Å². The summed E-state index contributed by atoms with van der Waals surface area (Å²) in [6, 6.07) is 6.85. The number of aryl methyl sites for hydroxylation is 1. The van der Waals surface area contributed by atoms with Gasteiger partial charge in [0.05, 0.1) is 11.9 Å². The van der Waals surface area contributed by atoms with Crippen molar-refractivity contribution in [2.75, 3.05) is 6.54 Å². The third-order valence-corrected chi connectivity index (χ3v) is 2.52. The second-order valence-electron chi connectivity index (χ2n) is 3.71. The first-order valence-electron chi connectivity index (χ1n) is 5.33. The number of fused-ring (bicyclic) bond motifs is 1. The molecule has 5 heteroatoms. The standard InChI is InChI=1S/C13H11N3O2/c1-3-8-14-12(17)11-9-6-4-5-7-10(9)13(18)16(2)15-11/h1,4-7H,8H2,2H3,(H,14,17). The molecule has 1 N–H and O–H groups in total. The first-order chi connectivity index (χ1) is 8.65. The molecule has 0 radical (unpaired) electrons. The summed E-state index contributed by atoms with van der Waals surface area (Å²) in [7, 11) is 1.51. The number of hydrogen-bond donors (Lipinski definition) is 1. The zero-order valence-electron chi connectivity index (χ0n) is 9.80. The molecule has 0 saturated carbocycles. The van der Waals surface area contributed by atoms with Gasteiger partial charge >= 0.3 is 0 Å². The molecule has 2 rings (SSSR count). The minimum atomic E-state index is -0.389. The first kappa shape index (κ1) is 11.9. The predicted octanol–water partition coefficient (Wildman–Crippen LogP) is 0.296. The second kappa shape index (κ2) is 4.72. The topological polar surface area (TPSA) is 64.0 Å². The van der Waals surface area contributed by atoms with E-state index in [1.807, 2.05) is 0 Å². The van der Waals surface area contributed by atoms with Crippen LogP contribution in [0.3, 0.4) is 0 Å². The van der Waals surface area contributed by atoms with Gasteiger partial charge < -0.3 is 5.32 Å². The molecule has 0 aliphatic heterocycles. The number of terminal acetylenes is 1. The van der Waals surface area contributed by atoms with Gasteiger partial charge in [-0.15, -0.1) is 6.42 Å². The van der Waals surface area contributed by atoms with Crippen LogP contribution in [0.1, 0.15) is 10.5 Å². The van der Waals surface area contributed by atoms with Crippen molar-refractivity contribution < 1.29 is 4.79 Å². The van der Waals surface area contributed by atoms with Crippen LogP contribution in [0.5, 0.6) is 0 Å². The summed E-state index contributed by atoms with van der Waals surface area (Å²) in [5, 5.41) is 7.49. The number of nitrogens with zero attached hydrogens (tertiary/aromatic N) is 2. The lowest BCUT2D eigenvalue weighted by Gasteiger charge is -2.07. The van der Waals surface area contributed by atoms with Gasteiger partial charge in [-0.2, -0.15) is 5.10 Å². The number of carbonyl (C=O) groups excluding carboxylic acids is 1. The molecule has 0 aliphatic rings. The Kier molecular flexibility index (Phi) is 3.11. The summed E-state index contributed by atoms with van der Waals surface area (Å²) < 4.78 is 1.15. The summed E-state index contributed by atoms with van der Waals surface area (Å²) in [4.78, 5) is 23.8. The Morgan fingerprint density at radius 1 is 1.44 bits per heavy atom. The molecule has 1 aromatic heterocycles. The number of aromatic nitrogens is 2. The van der Waals surface area contributed by atoms with Crippen LogP contribution in [0, 0.1) is 12.3 Å². The fourth-order valence-corrected chi connectivity index (χ4v) is 1.68. The number of carbonyl (C=O) groups is 1. The molecule has 1 heterocycles. The SMILES string of the molecule is C#CCNC(=O)c1nn(C)c(=O)c2ccccc12. The van der Waals surface area contributed by atoms with Gasteiger partial charge in [-0.05, 0) is 6.07 Å². The smallest absolute Gasteiger partial charge is 0.274 e. The Bertz CT molecular complexity index is 710. The van der Waals surface area contributed by atoms with Crippen LogP contribution in [-0.2, 0) is 7.05 Å². The quantitative estimate of drug-likeness (QED) is 0.769. The number of rotatable bonds is 2. The fraction of sp³-hybridized carbons (Fsp3) is 0.154. The van der Waals surface area contributed by atoms with Crippen LogP contribution >= 0.6 is 0 Å². The van der Waals surface area contributed by atoms with Gasteiger partial charge in [0.15, 0.2) is 5.69 Å². The normalized spacial score (nSPS) is 10.0. The van der Waals surface area contributed by atoms with Gasteiger partial charge in [0, 0.05) is 12.4 Å². The van der Waals surface area contributed by atoms with Crippen LogP contribution in [-0.4, -0.2) is 22.2 Å². The Hall–Kier alpha value is -2.61. The van der Waals surface area contributed by atoms with Crippen LogP contribution in [0.15, 0.2) is 29.1 Å². The van der Waals surface area contributed by atoms with Gasteiger partial charge in [0.25, 0.3) is 11.5 Å². The molecule has 0 aliphatic carbocycles. The monoisotopic (exact) mass is 241 g/mol. The number of benzene rings is 1. The zero-order valence-corrected chi connectivity index (χ0v) is 9.80. The number of hydrogen-bond acceptors (Lipinski definition) is 3. The maximum Gasteiger partial charge on any atom is 0.274 e. The number of nitrogens with one attached hydrogen (secondary N) is 1. The van der Waals surface area contributed by atoms with Crippen LogP contribution in [0.4, 0.5) is 0 Å². The summed E-state index contributed by atoms with van der Waals surface area (Å²) in [6.07, 6.45) is 5.08. The predicted molar refractivity (Wildman–Crippen MR) is 68.2 cm³/mol. The van der Waals surface area contributed by atoms with Crippen molar-refractivity contribution in [3.63, 3.8) is 0 Å². The average molecular weight is 241 g/mol. The van der Waals surface area contributed by atoms with E-state index in [1.165, 1.54) is 7.05 Å². The summed E-state index contributed by atoms with van der Waals surface area (Å²) in [6.45, 7) is 0.123. The van der Waals surface area contributed by atoms with E-state index in [9.17, 15) is 9.59 Å². The van der Waals surface area contributed by atoms with E-state index in [-0.39, 0.29) is 23.7 Å². The minimum Gasteiger partial charge on any atom is -0.340 e. The lowest BCUT2D eigenvalue weighted by Crippen LogP contribution is -2.29. The Morgan fingerprint density at radius 3 is 2.78 bits per heavy atom. The molecule has 1 aromatic carbocycles. The molecule has 2 aromatic rings. The van der Waals surface area contributed by atoms with Crippen molar-refractivity contribution in [2.24, 2.45) is 7.05 Å². The highest BCUT2D eigenvalue weighted by Crippen LogP contribution is 2.12. The average Bonchev–Trinajstić information content (AvgIpc) is 2.40. The van der Waals surface area contributed by atoms with Crippen molar-refractivity contribution in [2.45, 2.75) is 0 Å². The minimum absolute atomic E-state index is 0.123. The molecular formula is C13H11N3O2. The van der Waals surface area contributed by atoms with E-state index in [4.69, 9.17) is 6.42 Å². The first-order valence-corrected chi connectivity index (χ1v) is 5.33. The van der Waals surface area contributed by atoms with Crippen molar-refractivity contribution >= 4 is 16.7 Å². The Morgan fingerprint density at radius 2 is 2.11 bits per heavy atom. The molecule has 5 nitrogen and oxygen atoms in total. The summed E-state index contributed by atoms with van der Waals surface area (Å²) in [5.74, 6) is 1.93. The second-order valence-corrected chi connectivity index (χ2v) is 3.71. The lowest BCUT2D eigenvalue weighted by atomic mass is 10.1. The lowest BCUT2D eigenvalue weighted by molar-refractivity contribution is 0.0953. The van der Waals surface area contributed by atoms with Crippen LogP contribution in [0.25, 0.3) is 10.8 Å². The van der Waals surface area contributed by atoms with E-state index in [0.717, 1.165) is 4.68 Å². The highest BCUT2D eigenvalue weighted by atomic mass is 16.2. The molecule has 0 saturated heterocycles. The molecule has 0 unspecified atom stereocenters. The van der Waals surface area contributed by atoms with Crippen LogP contribution in [0.2, 0.25) is 0 Å². The third-order valence-electron chi connectivity index (χ3n) is 2.52. The van der Waals surface area contributed by atoms with Gasteiger partial charge in [-0.3, -0.25) is 9.59 Å². The van der Waals surface area contributed by atoms with E-state index in [0.29, 0.717) is 10.8 Å². The molecule has 1 amide bonds. The van der Waals surface area contributed by atoms with Gasteiger partial charge in [-0.1, -0.05) is 24.1 Å². The van der Waals surface area contributed by atoms with Gasteiger partial charge in [0.2, 0.25) is 0 Å². The van der Waals surface area contributed by atoms with Crippen LogP contribution < -0.4 is 10.9 Å². The molecule has 0 atom stereocenters. The largest absolute Gasteiger partial charge is 0.340 e. The van der Waals surface area contributed by atoms with E-state index in [1.54, 1.807) is 24.3 Å². The molecule has 0 bridgehead atoms. The molecule has 0 fully saturated rings. The summed E-state index contributed by atoms with van der Waals surface area (Å²) >= 11 is 0. The highest BCUT2D eigenvalue weighted by molar-refractivity contribution is 6.04. The van der Waals surface area contributed by atoms with Crippen molar-refractivity contribution in [1.29, 1.82) is 0 Å². The summed E-state index contributed by atoms with van der Waals surface area (Å²) in [5.41, 5.74) is -0.0398. The Balaban J connectivity index is 2.65. The van der Waals surface area contributed by atoms with Crippen molar-refractivity contribution in [3.8, 4) is 12.3 Å². The van der Waals surface area contributed by atoms with Crippen molar-refractivity contribution in [3.05, 3.63) is 40.3 Å². The van der Waals surface area contributed by atoms with E-state index >= 15 is 0 Å². The third kappa shape index (κ3) is 1.96. The molecule has 0 spiro atoms. The highest BCUT2D eigenvalue weighted by Gasteiger charge is 2.14. The molecule has 18 heavy (non-hydrogen) atoms. The van der Waals surface area contributed by atoms with Gasteiger partial charge in [0.1, 0.15) is 0 Å².